The van der Waals surface area contributed by atoms with Crippen LogP contribution < -0.4 is 19.5 Å². The molecular weight excluding hydrogens is 408 g/mol. The molecule has 0 bridgehead atoms. The lowest BCUT2D eigenvalue weighted by atomic mass is 10.1. The van der Waals surface area contributed by atoms with Crippen LogP contribution in [-0.2, 0) is 14.8 Å². The number of nitrogens with one attached hydrogen (secondary N) is 1. The second-order valence-corrected chi connectivity index (χ2v) is 8.96. The van der Waals surface area contributed by atoms with Crippen molar-refractivity contribution in [3.05, 3.63) is 47.5 Å². The monoisotopic (exact) mass is 432 g/mol. The first kappa shape index (κ1) is 21.7. The van der Waals surface area contributed by atoms with Crippen LogP contribution in [0.2, 0.25) is 0 Å². The van der Waals surface area contributed by atoms with Crippen molar-refractivity contribution in [2.75, 3.05) is 39.7 Å². The summed E-state index contributed by atoms with van der Waals surface area (Å²) in [6.07, 6.45) is 2.96. The maximum atomic E-state index is 12.4. The minimum Gasteiger partial charge on any atom is -0.493 e. The van der Waals surface area contributed by atoms with Crippen LogP contribution in [0, 0.1) is 6.92 Å². The lowest BCUT2D eigenvalue weighted by Crippen LogP contribution is -2.23. The molecule has 3 rings (SSSR count). The molecule has 0 saturated heterocycles. The zero-order valence-corrected chi connectivity index (χ0v) is 18.1. The molecule has 1 amide bonds. The van der Waals surface area contributed by atoms with Crippen LogP contribution in [-0.4, -0.2) is 53.0 Å². The Morgan fingerprint density at radius 2 is 1.90 bits per heavy atom. The standard InChI is InChI=1S/C21H24N2O6S/c1-14-5-7-16(13-19(14)30(25,26)23(2)3)22-20(24)8-6-15-11-17(27-4)21-18(12-15)28-9-10-29-21/h5-8,11-13H,9-10H2,1-4H3,(H,22,24)/b8-6+. The van der Waals surface area contributed by atoms with Gasteiger partial charge in [0.05, 0.1) is 12.0 Å². The highest BCUT2D eigenvalue weighted by atomic mass is 32.2. The molecule has 1 heterocycles. The van der Waals surface area contributed by atoms with E-state index in [1.807, 2.05) is 0 Å². The summed E-state index contributed by atoms with van der Waals surface area (Å²) in [7, 11) is 0.844. The molecule has 0 aromatic heterocycles. The van der Waals surface area contributed by atoms with Crippen LogP contribution in [0.4, 0.5) is 5.69 Å². The van der Waals surface area contributed by atoms with E-state index in [4.69, 9.17) is 14.2 Å². The Morgan fingerprint density at radius 3 is 2.60 bits per heavy atom. The fourth-order valence-corrected chi connectivity index (χ4v) is 4.04. The number of anilines is 1. The second kappa shape index (κ2) is 8.76. The number of fused-ring (bicyclic) bond motifs is 1. The van der Waals surface area contributed by atoms with Gasteiger partial charge < -0.3 is 19.5 Å². The predicted molar refractivity (Wildman–Crippen MR) is 114 cm³/mol. The van der Waals surface area contributed by atoms with Crippen molar-refractivity contribution in [3.63, 3.8) is 0 Å². The van der Waals surface area contributed by atoms with E-state index in [1.54, 1.807) is 37.3 Å². The first-order valence-electron chi connectivity index (χ1n) is 9.22. The largest absolute Gasteiger partial charge is 0.493 e. The number of methoxy groups -OCH3 is 1. The SMILES string of the molecule is COc1cc(/C=C/C(=O)Nc2ccc(C)c(S(=O)(=O)N(C)C)c2)cc2c1OCCO2. The molecule has 0 spiro atoms. The highest BCUT2D eigenvalue weighted by Crippen LogP contribution is 2.40. The quantitative estimate of drug-likeness (QED) is 0.706. The van der Waals surface area contributed by atoms with Gasteiger partial charge in [0, 0.05) is 25.9 Å². The molecule has 9 heteroatoms. The number of rotatable bonds is 6. The highest BCUT2D eigenvalue weighted by molar-refractivity contribution is 7.89. The van der Waals surface area contributed by atoms with Gasteiger partial charge in [-0.1, -0.05) is 6.07 Å². The smallest absolute Gasteiger partial charge is 0.248 e. The molecule has 1 aliphatic rings. The van der Waals surface area contributed by atoms with Gasteiger partial charge in [-0.3, -0.25) is 4.79 Å². The fourth-order valence-electron chi connectivity index (χ4n) is 2.90. The van der Waals surface area contributed by atoms with Gasteiger partial charge in [0.2, 0.25) is 21.7 Å². The summed E-state index contributed by atoms with van der Waals surface area (Å²) in [6.45, 7) is 2.59. The number of carbonyl (C=O) groups is 1. The zero-order chi connectivity index (χ0) is 21.9. The number of ether oxygens (including phenoxy) is 3. The first-order chi connectivity index (χ1) is 14.2. The van der Waals surface area contributed by atoms with E-state index >= 15 is 0 Å². The summed E-state index contributed by atoms with van der Waals surface area (Å²) in [4.78, 5) is 12.5. The van der Waals surface area contributed by atoms with Crippen molar-refractivity contribution in [2.45, 2.75) is 11.8 Å². The van der Waals surface area contributed by atoms with Crippen molar-refractivity contribution in [1.29, 1.82) is 0 Å². The summed E-state index contributed by atoms with van der Waals surface area (Å²) in [5.41, 5.74) is 1.68. The predicted octanol–water partition coefficient (Wildman–Crippen LogP) is 2.68. The van der Waals surface area contributed by atoms with Gasteiger partial charge in [-0.05, 0) is 48.4 Å². The van der Waals surface area contributed by atoms with Gasteiger partial charge in [-0.15, -0.1) is 0 Å². The minimum absolute atomic E-state index is 0.144. The molecule has 1 aliphatic heterocycles. The summed E-state index contributed by atoms with van der Waals surface area (Å²) in [5.74, 6) is 1.21. The molecule has 0 aliphatic carbocycles. The Kier molecular flexibility index (Phi) is 6.33. The number of sulfonamides is 1. The average Bonchev–Trinajstić information content (AvgIpc) is 2.72. The third-order valence-electron chi connectivity index (χ3n) is 4.49. The normalized spacial score (nSPS) is 13.5. The van der Waals surface area contributed by atoms with E-state index in [2.05, 4.69) is 5.32 Å². The number of benzene rings is 2. The fraction of sp³-hybridized carbons (Fsp3) is 0.286. The number of carbonyl (C=O) groups excluding carboxylic acids is 1. The topological polar surface area (TPSA) is 94.2 Å². The van der Waals surface area contributed by atoms with Gasteiger partial charge in [-0.25, -0.2) is 12.7 Å². The Balaban J connectivity index is 1.79. The van der Waals surface area contributed by atoms with Gasteiger partial charge in [0.1, 0.15) is 13.2 Å². The number of hydrogen-bond acceptors (Lipinski definition) is 6. The maximum Gasteiger partial charge on any atom is 0.248 e. The molecule has 2 aromatic carbocycles. The molecule has 0 radical (unpaired) electrons. The Labute approximate surface area is 176 Å². The summed E-state index contributed by atoms with van der Waals surface area (Å²) in [6, 6.07) is 8.26. The van der Waals surface area contributed by atoms with Gasteiger partial charge in [-0.2, -0.15) is 0 Å². The third-order valence-corrected chi connectivity index (χ3v) is 6.45. The number of amides is 1. The molecule has 0 unspecified atom stereocenters. The molecule has 1 N–H and O–H groups in total. The van der Waals surface area contributed by atoms with Crippen LogP contribution in [0.25, 0.3) is 6.08 Å². The first-order valence-corrected chi connectivity index (χ1v) is 10.7. The lowest BCUT2D eigenvalue weighted by molar-refractivity contribution is -0.111. The van der Waals surface area contributed by atoms with Gasteiger partial charge in [0.25, 0.3) is 0 Å². The van der Waals surface area contributed by atoms with Gasteiger partial charge in [0.15, 0.2) is 11.5 Å². The van der Waals surface area contributed by atoms with E-state index in [1.165, 1.54) is 33.3 Å². The van der Waals surface area contributed by atoms with Crippen LogP contribution >= 0.6 is 0 Å². The minimum atomic E-state index is -3.61. The summed E-state index contributed by atoms with van der Waals surface area (Å²) >= 11 is 0. The van der Waals surface area contributed by atoms with Crippen molar-refractivity contribution >= 4 is 27.7 Å². The Bertz CT molecular complexity index is 1080. The zero-order valence-electron chi connectivity index (χ0n) is 17.3. The Hall–Kier alpha value is -3.04. The van der Waals surface area contributed by atoms with Gasteiger partial charge >= 0.3 is 0 Å². The van der Waals surface area contributed by atoms with Crippen LogP contribution in [0.1, 0.15) is 11.1 Å². The maximum absolute atomic E-state index is 12.4. The van der Waals surface area contributed by atoms with E-state index < -0.39 is 15.9 Å². The van der Waals surface area contributed by atoms with Crippen LogP contribution in [0.3, 0.4) is 0 Å². The summed E-state index contributed by atoms with van der Waals surface area (Å²) < 4.78 is 42.5. The molecule has 2 aromatic rings. The molecule has 30 heavy (non-hydrogen) atoms. The van der Waals surface area contributed by atoms with Crippen molar-refractivity contribution in [3.8, 4) is 17.2 Å². The van der Waals surface area contributed by atoms with Crippen molar-refractivity contribution < 1.29 is 27.4 Å². The van der Waals surface area contributed by atoms with E-state index in [0.717, 1.165) is 4.31 Å². The molecule has 0 atom stereocenters. The summed E-state index contributed by atoms with van der Waals surface area (Å²) in [5, 5.41) is 2.69. The highest BCUT2D eigenvalue weighted by Gasteiger charge is 2.20. The molecule has 8 nitrogen and oxygen atoms in total. The van der Waals surface area contributed by atoms with Crippen LogP contribution in [0.15, 0.2) is 41.3 Å². The molecular formula is C21H24N2O6S. The van der Waals surface area contributed by atoms with Crippen molar-refractivity contribution in [2.24, 2.45) is 0 Å². The van der Waals surface area contributed by atoms with Crippen molar-refractivity contribution in [1.82, 2.24) is 4.31 Å². The van der Waals surface area contributed by atoms with Crippen LogP contribution in [0.5, 0.6) is 17.2 Å². The average molecular weight is 432 g/mol. The number of aryl methyl sites for hydroxylation is 1. The second-order valence-electron chi connectivity index (χ2n) is 6.84. The van der Waals surface area contributed by atoms with E-state index in [9.17, 15) is 13.2 Å². The number of nitrogens with zero attached hydrogens (tertiary/aromatic N) is 1. The number of hydrogen-bond donors (Lipinski definition) is 1. The van der Waals surface area contributed by atoms with E-state index in [-0.39, 0.29) is 4.90 Å². The van der Waals surface area contributed by atoms with E-state index in [0.29, 0.717) is 47.3 Å². The molecule has 160 valence electrons. The Morgan fingerprint density at radius 1 is 1.17 bits per heavy atom. The molecule has 0 saturated carbocycles. The third kappa shape index (κ3) is 4.58. The molecule has 0 fully saturated rings. The lowest BCUT2D eigenvalue weighted by Gasteiger charge is -2.20.